The fourth-order valence-corrected chi connectivity index (χ4v) is 0.956. The molecule has 4 heteroatoms. The first kappa shape index (κ1) is 8.27. The molecule has 0 bridgehead atoms. The van der Waals surface area contributed by atoms with Crippen molar-refractivity contribution >= 4 is 11.6 Å². The highest BCUT2D eigenvalue weighted by molar-refractivity contribution is 6.28. The van der Waals surface area contributed by atoms with Crippen molar-refractivity contribution in [3.63, 3.8) is 0 Å². The van der Waals surface area contributed by atoms with Gasteiger partial charge in [0.2, 0.25) is 5.28 Å². The van der Waals surface area contributed by atoms with Crippen molar-refractivity contribution in [3.8, 4) is 5.75 Å². The van der Waals surface area contributed by atoms with Crippen LogP contribution in [0.5, 0.6) is 5.75 Å². The van der Waals surface area contributed by atoms with Crippen LogP contribution in [0.2, 0.25) is 5.28 Å². The standard InChI is InChI=1S/C7H9ClN2O/c1-3-5-6(11-2)4-9-7(8)10-5/h4H,3H2,1-2H3. The molecule has 0 aliphatic heterocycles. The molecule has 0 aliphatic carbocycles. The first-order valence-electron chi connectivity index (χ1n) is 3.33. The van der Waals surface area contributed by atoms with Gasteiger partial charge in [0, 0.05) is 0 Å². The summed E-state index contributed by atoms with van der Waals surface area (Å²) in [4.78, 5) is 7.78. The molecular formula is C7H9ClN2O. The van der Waals surface area contributed by atoms with Crippen LogP contribution >= 0.6 is 11.6 Å². The SMILES string of the molecule is CCc1nc(Cl)ncc1OC. The molecule has 0 radical (unpaired) electrons. The monoisotopic (exact) mass is 172 g/mol. The maximum absolute atomic E-state index is 5.57. The number of aromatic nitrogens is 2. The van der Waals surface area contributed by atoms with E-state index in [0.29, 0.717) is 5.75 Å². The Morgan fingerprint density at radius 1 is 1.64 bits per heavy atom. The number of aryl methyl sites for hydroxylation is 1. The van der Waals surface area contributed by atoms with Crippen LogP contribution in [0.1, 0.15) is 12.6 Å². The predicted molar refractivity (Wildman–Crippen MR) is 43.0 cm³/mol. The van der Waals surface area contributed by atoms with Crippen LogP contribution < -0.4 is 4.74 Å². The first-order valence-corrected chi connectivity index (χ1v) is 3.71. The highest BCUT2D eigenvalue weighted by atomic mass is 35.5. The number of ether oxygens (including phenoxy) is 1. The molecule has 0 amide bonds. The third-order valence-electron chi connectivity index (χ3n) is 1.35. The normalized spacial score (nSPS) is 9.73. The molecule has 0 unspecified atom stereocenters. The zero-order chi connectivity index (χ0) is 8.27. The van der Waals surface area contributed by atoms with Gasteiger partial charge in [-0.2, -0.15) is 0 Å². The van der Waals surface area contributed by atoms with Gasteiger partial charge >= 0.3 is 0 Å². The van der Waals surface area contributed by atoms with Gasteiger partial charge in [0.05, 0.1) is 19.0 Å². The van der Waals surface area contributed by atoms with Crippen LogP contribution in [-0.2, 0) is 6.42 Å². The molecule has 1 aromatic heterocycles. The van der Waals surface area contributed by atoms with Crippen LogP contribution in [0.25, 0.3) is 0 Å². The van der Waals surface area contributed by atoms with Crippen LogP contribution in [0.15, 0.2) is 6.20 Å². The van der Waals surface area contributed by atoms with Gasteiger partial charge in [-0.15, -0.1) is 0 Å². The van der Waals surface area contributed by atoms with Gasteiger partial charge in [-0.25, -0.2) is 9.97 Å². The molecule has 60 valence electrons. The molecule has 0 saturated heterocycles. The molecule has 3 nitrogen and oxygen atoms in total. The van der Waals surface area contributed by atoms with Crippen molar-refractivity contribution in [1.29, 1.82) is 0 Å². The number of nitrogens with zero attached hydrogens (tertiary/aromatic N) is 2. The molecule has 0 fully saturated rings. The van der Waals surface area contributed by atoms with Crippen molar-refractivity contribution in [1.82, 2.24) is 9.97 Å². The molecule has 0 spiro atoms. The van der Waals surface area contributed by atoms with E-state index >= 15 is 0 Å². The summed E-state index contributed by atoms with van der Waals surface area (Å²) in [7, 11) is 1.59. The molecule has 11 heavy (non-hydrogen) atoms. The van der Waals surface area contributed by atoms with Gasteiger partial charge in [0.1, 0.15) is 0 Å². The smallest absolute Gasteiger partial charge is 0.222 e. The van der Waals surface area contributed by atoms with Gasteiger partial charge in [-0.05, 0) is 18.0 Å². The van der Waals surface area contributed by atoms with E-state index in [2.05, 4.69) is 9.97 Å². The summed E-state index contributed by atoms with van der Waals surface area (Å²) < 4.78 is 5.01. The number of methoxy groups -OCH3 is 1. The average Bonchev–Trinajstić information content (AvgIpc) is 2.04. The third kappa shape index (κ3) is 1.80. The van der Waals surface area contributed by atoms with Crippen LogP contribution in [0.4, 0.5) is 0 Å². The van der Waals surface area contributed by atoms with Gasteiger partial charge in [0.15, 0.2) is 5.75 Å². The molecule has 0 saturated carbocycles. The lowest BCUT2D eigenvalue weighted by atomic mass is 10.3. The Kier molecular flexibility index (Phi) is 2.65. The summed E-state index contributed by atoms with van der Waals surface area (Å²) in [5, 5.41) is 0.266. The Hall–Kier alpha value is -0.830. The van der Waals surface area contributed by atoms with Gasteiger partial charge < -0.3 is 4.74 Å². The fraction of sp³-hybridized carbons (Fsp3) is 0.429. The van der Waals surface area contributed by atoms with Crippen LogP contribution in [0.3, 0.4) is 0 Å². The molecule has 0 N–H and O–H groups in total. The second-order valence-electron chi connectivity index (χ2n) is 2.01. The number of rotatable bonds is 2. The zero-order valence-corrected chi connectivity index (χ0v) is 7.22. The maximum atomic E-state index is 5.57. The molecule has 1 rings (SSSR count). The Balaban J connectivity index is 3.06. The summed E-state index contributed by atoms with van der Waals surface area (Å²) >= 11 is 5.57. The molecule has 0 aromatic carbocycles. The van der Waals surface area contributed by atoms with E-state index < -0.39 is 0 Å². The zero-order valence-electron chi connectivity index (χ0n) is 6.47. The minimum Gasteiger partial charge on any atom is -0.493 e. The van der Waals surface area contributed by atoms with Crippen LogP contribution in [-0.4, -0.2) is 17.1 Å². The summed E-state index contributed by atoms with van der Waals surface area (Å²) in [6.07, 6.45) is 2.37. The van der Waals surface area contributed by atoms with Crippen molar-refractivity contribution in [2.75, 3.05) is 7.11 Å². The van der Waals surface area contributed by atoms with Crippen molar-refractivity contribution < 1.29 is 4.74 Å². The summed E-state index contributed by atoms with van der Waals surface area (Å²) in [5.74, 6) is 0.692. The minimum atomic E-state index is 0.266. The maximum Gasteiger partial charge on any atom is 0.222 e. The quantitative estimate of drug-likeness (QED) is 0.637. The summed E-state index contributed by atoms with van der Waals surface area (Å²) in [5.41, 5.74) is 0.840. The second kappa shape index (κ2) is 3.53. The van der Waals surface area contributed by atoms with Crippen molar-refractivity contribution in [2.45, 2.75) is 13.3 Å². The van der Waals surface area contributed by atoms with E-state index in [1.165, 1.54) is 0 Å². The Labute approximate surface area is 70.4 Å². The highest BCUT2D eigenvalue weighted by Gasteiger charge is 2.02. The molecule has 0 aliphatic rings. The number of hydrogen-bond acceptors (Lipinski definition) is 3. The second-order valence-corrected chi connectivity index (χ2v) is 2.35. The van der Waals surface area contributed by atoms with E-state index in [-0.39, 0.29) is 5.28 Å². The van der Waals surface area contributed by atoms with E-state index in [1.807, 2.05) is 6.92 Å². The summed E-state index contributed by atoms with van der Waals surface area (Å²) in [6.45, 7) is 1.99. The lowest BCUT2D eigenvalue weighted by molar-refractivity contribution is 0.405. The highest BCUT2D eigenvalue weighted by Crippen LogP contribution is 2.16. The van der Waals surface area contributed by atoms with Crippen molar-refractivity contribution in [2.24, 2.45) is 0 Å². The average molecular weight is 173 g/mol. The topological polar surface area (TPSA) is 35.0 Å². The predicted octanol–water partition coefficient (Wildman–Crippen LogP) is 1.70. The Morgan fingerprint density at radius 2 is 2.36 bits per heavy atom. The third-order valence-corrected chi connectivity index (χ3v) is 1.54. The minimum absolute atomic E-state index is 0.266. The van der Waals surface area contributed by atoms with Gasteiger partial charge in [-0.1, -0.05) is 6.92 Å². The van der Waals surface area contributed by atoms with Gasteiger partial charge in [0.25, 0.3) is 0 Å². The molecule has 1 heterocycles. The van der Waals surface area contributed by atoms with E-state index in [4.69, 9.17) is 16.3 Å². The number of hydrogen-bond donors (Lipinski definition) is 0. The lowest BCUT2D eigenvalue weighted by Gasteiger charge is -2.03. The number of halogens is 1. The van der Waals surface area contributed by atoms with Crippen molar-refractivity contribution in [3.05, 3.63) is 17.2 Å². The lowest BCUT2D eigenvalue weighted by Crippen LogP contribution is -1.95. The molecule has 0 atom stereocenters. The van der Waals surface area contributed by atoms with E-state index in [0.717, 1.165) is 12.1 Å². The largest absolute Gasteiger partial charge is 0.493 e. The van der Waals surface area contributed by atoms with E-state index in [9.17, 15) is 0 Å². The summed E-state index contributed by atoms with van der Waals surface area (Å²) in [6, 6.07) is 0. The fourth-order valence-electron chi connectivity index (χ4n) is 0.806. The molecule has 1 aromatic rings. The Morgan fingerprint density at radius 3 is 2.91 bits per heavy atom. The first-order chi connectivity index (χ1) is 5.27. The Bertz CT molecular complexity index is 252. The molecular weight excluding hydrogens is 164 g/mol. The van der Waals surface area contributed by atoms with E-state index in [1.54, 1.807) is 13.3 Å². The van der Waals surface area contributed by atoms with Crippen LogP contribution in [0, 0.1) is 0 Å². The van der Waals surface area contributed by atoms with Gasteiger partial charge in [-0.3, -0.25) is 0 Å².